The van der Waals surface area contributed by atoms with Crippen LogP contribution in [0.15, 0.2) is 60.5 Å². The van der Waals surface area contributed by atoms with E-state index in [9.17, 15) is 4.79 Å². The number of aromatic nitrogens is 2. The summed E-state index contributed by atoms with van der Waals surface area (Å²) >= 11 is 1.74. The lowest BCUT2D eigenvalue weighted by atomic mass is 10.1. The van der Waals surface area contributed by atoms with Crippen molar-refractivity contribution in [3.8, 4) is 0 Å². The predicted octanol–water partition coefficient (Wildman–Crippen LogP) is 3.97. The predicted molar refractivity (Wildman–Crippen MR) is 95.1 cm³/mol. The number of carbonyl (C=O) groups is 1. The molecule has 3 aromatic rings. The molecule has 1 aromatic carbocycles. The fourth-order valence-electron chi connectivity index (χ4n) is 3.35. The van der Waals surface area contributed by atoms with Gasteiger partial charge >= 0.3 is 0 Å². The van der Waals surface area contributed by atoms with E-state index in [2.05, 4.69) is 28.6 Å². The van der Waals surface area contributed by atoms with Crippen LogP contribution in [0.1, 0.15) is 39.7 Å². The summed E-state index contributed by atoms with van der Waals surface area (Å²) in [7, 11) is 0. The summed E-state index contributed by atoms with van der Waals surface area (Å²) in [6.45, 7) is 1.57. The zero-order valence-corrected chi connectivity index (χ0v) is 14.2. The Morgan fingerprint density at radius 2 is 2.25 bits per heavy atom. The van der Waals surface area contributed by atoms with Crippen molar-refractivity contribution in [2.75, 3.05) is 6.54 Å². The van der Waals surface area contributed by atoms with Crippen molar-refractivity contribution in [1.82, 2.24) is 14.5 Å². The Morgan fingerprint density at radius 3 is 3.04 bits per heavy atom. The first kappa shape index (κ1) is 15.1. The first-order valence-corrected chi connectivity index (χ1v) is 9.08. The lowest BCUT2D eigenvalue weighted by Gasteiger charge is -2.24. The molecule has 4 rings (SSSR count). The summed E-state index contributed by atoms with van der Waals surface area (Å²) in [5.41, 5.74) is 1.89. The van der Waals surface area contributed by atoms with Crippen molar-refractivity contribution in [3.05, 3.63) is 76.5 Å². The number of nitrogens with zero attached hydrogens (tertiary/aromatic N) is 3. The van der Waals surface area contributed by atoms with Crippen LogP contribution in [-0.4, -0.2) is 26.9 Å². The standard InChI is InChI=1S/C19H19N3OS/c23-19(22-9-2-6-17(22)18-7-3-11-24-18)16-5-1-4-15(12-16)13-21-10-8-20-14-21/h1,3-5,7-8,10-12,14,17H,2,6,9,13H2. The third-order valence-corrected chi connectivity index (χ3v) is 5.46. The molecule has 1 fully saturated rings. The van der Waals surface area contributed by atoms with Gasteiger partial charge in [-0.1, -0.05) is 18.2 Å². The average molecular weight is 337 g/mol. The summed E-state index contributed by atoms with van der Waals surface area (Å²) < 4.78 is 2.01. The molecule has 0 spiro atoms. The molecule has 1 saturated heterocycles. The summed E-state index contributed by atoms with van der Waals surface area (Å²) in [6, 6.07) is 12.4. The number of hydrogen-bond acceptors (Lipinski definition) is 3. The molecule has 0 aliphatic carbocycles. The van der Waals surface area contributed by atoms with Crippen molar-refractivity contribution < 1.29 is 4.79 Å². The van der Waals surface area contributed by atoms with Gasteiger partial charge in [-0.05, 0) is 42.0 Å². The minimum absolute atomic E-state index is 0.137. The highest BCUT2D eigenvalue weighted by molar-refractivity contribution is 7.10. The van der Waals surface area contributed by atoms with E-state index in [4.69, 9.17) is 0 Å². The topological polar surface area (TPSA) is 38.1 Å². The number of carbonyl (C=O) groups excluding carboxylic acids is 1. The summed E-state index contributed by atoms with van der Waals surface area (Å²) in [4.78, 5) is 20.4. The molecule has 1 amide bonds. The maximum absolute atomic E-state index is 13.0. The lowest BCUT2D eigenvalue weighted by Crippen LogP contribution is -2.30. The van der Waals surface area contributed by atoms with Crippen LogP contribution in [0.5, 0.6) is 0 Å². The van der Waals surface area contributed by atoms with E-state index in [1.807, 2.05) is 33.9 Å². The molecule has 3 heterocycles. The third-order valence-electron chi connectivity index (χ3n) is 4.48. The molecule has 1 aliphatic heterocycles. The summed E-state index contributed by atoms with van der Waals surface area (Å²) in [6.07, 6.45) is 7.62. The van der Waals surface area contributed by atoms with Gasteiger partial charge < -0.3 is 9.47 Å². The van der Waals surface area contributed by atoms with Crippen molar-refractivity contribution in [3.63, 3.8) is 0 Å². The quantitative estimate of drug-likeness (QED) is 0.722. The number of imidazole rings is 1. The van der Waals surface area contributed by atoms with Gasteiger partial charge in [0.25, 0.3) is 5.91 Å². The molecule has 1 atom stereocenters. The first-order valence-electron chi connectivity index (χ1n) is 8.20. The maximum Gasteiger partial charge on any atom is 0.254 e. The molecule has 2 aromatic heterocycles. The highest BCUT2D eigenvalue weighted by Crippen LogP contribution is 2.35. The monoisotopic (exact) mass is 337 g/mol. The SMILES string of the molecule is O=C(c1cccc(Cn2ccnc2)c1)N1CCCC1c1cccs1. The summed E-state index contributed by atoms with van der Waals surface area (Å²) in [5, 5.41) is 2.09. The second kappa shape index (κ2) is 6.61. The number of likely N-dealkylation sites (tertiary alicyclic amines) is 1. The Labute approximate surface area is 145 Å². The number of thiophene rings is 1. The van der Waals surface area contributed by atoms with Crippen LogP contribution in [0, 0.1) is 0 Å². The van der Waals surface area contributed by atoms with E-state index < -0.39 is 0 Å². The van der Waals surface area contributed by atoms with Crippen LogP contribution in [-0.2, 0) is 6.54 Å². The van der Waals surface area contributed by atoms with Crippen LogP contribution >= 0.6 is 11.3 Å². The number of rotatable bonds is 4. The fraction of sp³-hybridized carbons (Fsp3) is 0.263. The third kappa shape index (κ3) is 2.99. The van der Waals surface area contributed by atoms with Gasteiger partial charge in [-0.15, -0.1) is 11.3 Å². The van der Waals surface area contributed by atoms with Gasteiger partial charge in [-0.25, -0.2) is 4.98 Å². The van der Waals surface area contributed by atoms with Crippen LogP contribution in [0.25, 0.3) is 0 Å². The van der Waals surface area contributed by atoms with Gasteiger partial charge in [0.05, 0.1) is 12.4 Å². The van der Waals surface area contributed by atoms with E-state index in [0.717, 1.165) is 37.1 Å². The highest BCUT2D eigenvalue weighted by atomic mass is 32.1. The zero-order chi connectivity index (χ0) is 16.4. The second-order valence-electron chi connectivity index (χ2n) is 6.11. The van der Waals surface area contributed by atoms with Crippen LogP contribution in [0.2, 0.25) is 0 Å². The minimum atomic E-state index is 0.137. The van der Waals surface area contributed by atoms with Gasteiger partial charge in [0.15, 0.2) is 0 Å². The molecular weight excluding hydrogens is 318 g/mol. The van der Waals surface area contributed by atoms with E-state index in [-0.39, 0.29) is 11.9 Å². The number of hydrogen-bond donors (Lipinski definition) is 0. The lowest BCUT2D eigenvalue weighted by molar-refractivity contribution is 0.0737. The molecule has 4 nitrogen and oxygen atoms in total. The van der Waals surface area contributed by atoms with Crippen LogP contribution < -0.4 is 0 Å². The number of amides is 1. The molecule has 24 heavy (non-hydrogen) atoms. The van der Waals surface area contributed by atoms with E-state index in [1.54, 1.807) is 23.9 Å². The van der Waals surface area contributed by atoms with Gasteiger partial charge in [0.2, 0.25) is 0 Å². The molecule has 0 saturated carbocycles. The smallest absolute Gasteiger partial charge is 0.254 e. The van der Waals surface area contributed by atoms with E-state index in [0.29, 0.717) is 0 Å². The van der Waals surface area contributed by atoms with Crippen molar-refractivity contribution in [2.24, 2.45) is 0 Å². The van der Waals surface area contributed by atoms with E-state index in [1.165, 1.54) is 4.88 Å². The largest absolute Gasteiger partial charge is 0.333 e. The Bertz CT molecular complexity index is 811. The average Bonchev–Trinajstić information content (AvgIpc) is 3.35. The first-order chi connectivity index (χ1) is 11.8. The molecule has 1 aliphatic rings. The molecule has 122 valence electrons. The second-order valence-corrected chi connectivity index (χ2v) is 7.09. The molecule has 0 N–H and O–H groups in total. The molecule has 5 heteroatoms. The summed E-state index contributed by atoms with van der Waals surface area (Å²) in [5.74, 6) is 0.137. The van der Waals surface area contributed by atoms with Crippen LogP contribution in [0.4, 0.5) is 0 Å². The molecule has 0 bridgehead atoms. The van der Waals surface area contributed by atoms with Crippen molar-refractivity contribution in [2.45, 2.75) is 25.4 Å². The Hall–Kier alpha value is -2.40. The molecule has 0 radical (unpaired) electrons. The number of benzene rings is 1. The minimum Gasteiger partial charge on any atom is -0.333 e. The molecular formula is C19H19N3OS. The maximum atomic E-state index is 13.0. The van der Waals surface area contributed by atoms with Gasteiger partial charge in [-0.2, -0.15) is 0 Å². The van der Waals surface area contributed by atoms with Crippen LogP contribution in [0.3, 0.4) is 0 Å². The molecule has 1 unspecified atom stereocenters. The Balaban J connectivity index is 1.55. The van der Waals surface area contributed by atoms with Gasteiger partial charge in [0, 0.05) is 35.9 Å². The van der Waals surface area contributed by atoms with Gasteiger partial charge in [-0.3, -0.25) is 4.79 Å². The van der Waals surface area contributed by atoms with Crippen molar-refractivity contribution in [1.29, 1.82) is 0 Å². The van der Waals surface area contributed by atoms with E-state index >= 15 is 0 Å². The normalized spacial score (nSPS) is 17.3. The van der Waals surface area contributed by atoms with Crippen molar-refractivity contribution >= 4 is 17.2 Å². The highest BCUT2D eigenvalue weighted by Gasteiger charge is 2.31. The Morgan fingerprint density at radius 1 is 1.29 bits per heavy atom. The Kier molecular flexibility index (Phi) is 4.17. The fourth-order valence-corrected chi connectivity index (χ4v) is 4.22. The van der Waals surface area contributed by atoms with Gasteiger partial charge in [0.1, 0.15) is 0 Å². The zero-order valence-electron chi connectivity index (χ0n) is 13.3.